The minimum Gasteiger partial charge on any atom is -0.378 e. The van der Waals surface area contributed by atoms with Crippen molar-refractivity contribution in [3.8, 4) is 0 Å². The Hall–Kier alpha value is -0.120. The maximum absolute atomic E-state index is 5.74. The predicted molar refractivity (Wildman–Crippen MR) is 66.7 cm³/mol. The Kier molecular flexibility index (Phi) is 5.07. The summed E-state index contributed by atoms with van der Waals surface area (Å²) in [5.41, 5.74) is 0. The largest absolute Gasteiger partial charge is 0.378 e. The summed E-state index contributed by atoms with van der Waals surface area (Å²) in [5, 5.41) is 3.68. The minimum absolute atomic E-state index is 0.530. The summed E-state index contributed by atoms with van der Waals surface area (Å²) >= 11 is 0. The Bertz CT molecular complexity index is 192. The number of hydrogen-bond donors (Lipinski definition) is 1. The molecule has 16 heavy (non-hydrogen) atoms. The zero-order valence-electron chi connectivity index (χ0n) is 10.6. The molecule has 0 aliphatic carbocycles. The van der Waals surface area contributed by atoms with E-state index in [4.69, 9.17) is 4.74 Å². The third kappa shape index (κ3) is 4.04. The first-order valence-electron chi connectivity index (χ1n) is 6.88. The second-order valence-electron chi connectivity index (χ2n) is 5.33. The second-order valence-corrected chi connectivity index (χ2v) is 5.33. The first-order chi connectivity index (χ1) is 7.84. The van der Waals surface area contributed by atoms with Crippen LogP contribution in [0.3, 0.4) is 0 Å². The number of likely N-dealkylation sites (tertiary alicyclic amines) is 1. The van der Waals surface area contributed by atoms with Gasteiger partial charge < -0.3 is 15.0 Å². The molecule has 2 fully saturated rings. The van der Waals surface area contributed by atoms with Gasteiger partial charge in [0.15, 0.2) is 0 Å². The van der Waals surface area contributed by atoms with Gasteiger partial charge >= 0.3 is 0 Å². The molecule has 2 unspecified atom stereocenters. The van der Waals surface area contributed by atoms with Crippen molar-refractivity contribution in [3.63, 3.8) is 0 Å². The van der Waals surface area contributed by atoms with E-state index < -0.39 is 0 Å². The number of nitrogens with one attached hydrogen (secondary N) is 1. The smallest absolute Gasteiger partial charge is 0.0587 e. The van der Waals surface area contributed by atoms with Crippen molar-refractivity contribution in [1.82, 2.24) is 10.2 Å². The predicted octanol–water partition coefficient (Wildman–Crippen LogP) is 1.63. The number of ether oxygens (including phenoxy) is 1. The van der Waals surface area contributed by atoms with Crippen molar-refractivity contribution in [2.75, 3.05) is 33.3 Å². The first kappa shape index (κ1) is 12.3. The van der Waals surface area contributed by atoms with Gasteiger partial charge in [-0.15, -0.1) is 0 Å². The second kappa shape index (κ2) is 6.58. The van der Waals surface area contributed by atoms with Crippen molar-refractivity contribution in [3.05, 3.63) is 0 Å². The van der Waals surface area contributed by atoms with Crippen LogP contribution >= 0.6 is 0 Å². The average molecular weight is 226 g/mol. The van der Waals surface area contributed by atoms with Crippen molar-refractivity contribution in [2.45, 2.75) is 50.7 Å². The standard InChI is InChI=1S/C13H26N2O/c1-15-9-4-5-12(11-15)14-8-7-13-6-2-3-10-16-13/h12-14H,2-11H2,1H3. The Morgan fingerprint density at radius 2 is 2.19 bits per heavy atom. The van der Waals surface area contributed by atoms with Gasteiger partial charge in [-0.25, -0.2) is 0 Å². The summed E-state index contributed by atoms with van der Waals surface area (Å²) in [5.74, 6) is 0. The van der Waals surface area contributed by atoms with Gasteiger partial charge in [-0.2, -0.15) is 0 Å². The molecular weight excluding hydrogens is 200 g/mol. The number of rotatable bonds is 4. The zero-order valence-corrected chi connectivity index (χ0v) is 10.6. The topological polar surface area (TPSA) is 24.5 Å². The number of hydrogen-bond acceptors (Lipinski definition) is 3. The fraction of sp³-hybridized carbons (Fsp3) is 1.00. The molecule has 94 valence electrons. The van der Waals surface area contributed by atoms with Gasteiger partial charge in [0.1, 0.15) is 0 Å². The van der Waals surface area contributed by atoms with E-state index in [9.17, 15) is 0 Å². The number of piperidine rings is 1. The number of likely N-dealkylation sites (N-methyl/N-ethyl adjacent to an activating group) is 1. The molecule has 2 saturated heterocycles. The molecule has 3 nitrogen and oxygen atoms in total. The number of nitrogens with zero attached hydrogens (tertiary/aromatic N) is 1. The van der Waals surface area contributed by atoms with Gasteiger partial charge in [-0.1, -0.05) is 0 Å². The molecular formula is C13H26N2O. The van der Waals surface area contributed by atoms with E-state index in [1.807, 2.05) is 0 Å². The van der Waals surface area contributed by atoms with Gasteiger partial charge in [0.25, 0.3) is 0 Å². The van der Waals surface area contributed by atoms with Crippen molar-refractivity contribution < 1.29 is 4.74 Å². The van der Waals surface area contributed by atoms with Crippen LogP contribution in [-0.2, 0) is 4.74 Å². The summed E-state index contributed by atoms with van der Waals surface area (Å²) in [6.07, 6.45) is 8.30. The average Bonchev–Trinajstić information content (AvgIpc) is 2.30. The Balaban J connectivity index is 1.56. The maximum atomic E-state index is 5.74. The first-order valence-corrected chi connectivity index (χ1v) is 6.88. The summed E-state index contributed by atoms with van der Waals surface area (Å²) in [7, 11) is 2.22. The highest BCUT2D eigenvalue weighted by Crippen LogP contribution is 2.15. The van der Waals surface area contributed by atoms with Crippen LogP contribution in [0, 0.1) is 0 Å². The van der Waals surface area contributed by atoms with E-state index in [1.165, 1.54) is 51.6 Å². The fourth-order valence-electron chi connectivity index (χ4n) is 2.82. The van der Waals surface area contributed by atoms with Crippen molar-refractivity contribution >= 4 is 0 Å². The van der Waals surface area contributed by atoms with Crippen LogP contribution in [0.1, 0.15) is 38.5 Å². The third-order valence-electron chi connectivity index (χ3n) is 3.80. The van der Waals surface area contributed by atoms with Crippen molar-refractivity contribution in [2.24, 2.45) is 0 Å². The minimum atomic E-state index is 0.530. The lowest BCUT2D eigenvalue weighted by molar-refractivity contribution is 0.0108. The molecule has 2 aliphatic heterocycles. The van der Waals surface area contributed by atoms with Crippen LogP contribution in [-0.4, -0.2) is 50.3 Å². The summed E-state index contributed by atoms with van der Waals surface area (Å²) in [6, 6.07) is 0.711. The molecule has 0 spiro atoms. The highest BCUT2D eigenvalue weighted by Gasteiger charge is 2.17. The molecule has 2 heterocycles. The highest BCUT2D eigenvalue weighted by molar-refractivity contribution is 4.77. The lowest BCUT2D eigenvalue weighted by Crippen LogP contribution is -2.44. The van der Waals surface area contributed by atoms with E-state index in [0.717, 1.165) is 13.2 Å². The van der Waals surface area contributed by atoms with Crippen LogP contribution < -0.4 is 5.32 Å². The molecule has 0 aromatic carbocycles. The monoisotopic (exact) mass is 226 g/mol. The Morgan fingerprint density at radius 3 is 2.94 bits per heavy atom. The van der Waals surface area contributed by atoms with E-state index in [2.05, 4.69) is 17.3 Å². The van der Waals surface area contributed by atoms with Gasteiger partial charge in [0, 0.05) is 19.2 Å². The molecule has 2 rings (SSSR count). The quantitative estimate of drug-likeness (QED) is 0.788. The van der Waals surface area contributed by atoms with E-state index in [-0.39, 0.29) is 0 Å². The van der Waals surface area contributed by atoms with Crippen LogP contribution in [0.2, 0.25) is 0 Å². The van der Waals surface area contributed by atoms with Gasteiger partial charge in [-0.3, -0.25) is 0 Å². The normalized spacial score (nSPS) is 32.8. The summed E-state index contributed by atoms with van der Waals surface area (Å²) < 4.78 is 5.74. The molecule has 2 atom stereocenters. The molecule has 2 aliphatic rings. The van der Waals surface area contributed by atoms with Crippen LogP contribution in [0.5, 0.6) is 0 Å². The SMILES string of the molecule is CN1CCCC(NCCC2CCCCO2)C1. The van der Waals surface area contributed by atoms with Gasteiger partial charge in [0.2, 0.25) is 0 Å². The van der Waals surface area contributed by atoms with E-state index in [0.29, 0.717) is 12.1 Å². The molecule has 0 aromatic rings. The molecule has 0 radical (unpaired) electrons. The van der Waals surface area contributed by atoms with Crippen LogP contribution in [0.15, 0.2) is 0 Å². The molecule has 1 N–H and O–H groups in total. The zero-order chi connectivity index (χ0) is 11.2. The lowest BCUT2D eigenvalue weighted by Gasteiger charge is -2.31. The fourth-order valence-corrected chi connectivity index (χ4v) is 2.82. The molecule has 0 saturated carbocycles. The van der Waals surface area contributed by atoms with Gasteiger partial charge in [-0.05, 0) is 58.7 Å². The van der Waals surface area contributed by atoms with Crippen LogP contribution in [0.4, 0.5) is 0 Å². The summed E-state index contributed by atoms with van der Waals surface area (Å²) in [4.78, 5) is 2.43. The van der Waals surface area contributed by atoms with E-state index in [1.54, 1.807) is 0 Å². The highest BCUT2D eigenvalue weighted by atomic mass is 16.5. The summed E-state index contributed by atoms with van der Waals surface area (Å²) in [6.45, 7) is 4.59. The Morgan fingerprint density at radius 1 is 1.25 bits per heavy atom. The van der Waals surface area contributed by atoms with Crippen LogP contribution in [0.25, 0.3) is 0 Å². The van der Waals surface area contributed by atoms with Crippen molar-refractivity contribution in [1.29, 1.82) is 0 Å². The Labute approximate surface area is 99.5 Å². The molecule has 3 heteroatoms. The maximum Gasteiger partial charge on any atom is 0.0587 e. The molecule has 0 bridgehead atoms. The van der Waals surface area contributed by atoms with Gasteiger partial charge in [0.05, 0.1) is 6.10 Å². The van der Waals surface area contributed by atoms with E-state index >= 15 is 0 Å². The molecule has 0 aromatic heterocycles. The lowest BCUT2D eigenvalue weighted by atomic mass is 10.0. The molecule has 0 amide bonds. The third-order valence-corrected chi connectivity index (χ3v) is 3.80.